The number of hydrogen-bond acceptors (Lipinski definition) is 3. The number of ether oxygens (including phenoxy) is 2. The van der Waals surface area contributed by atoms with Gasteiger partial charge in [0.05, 0.1) is 12.7 Å². The van der Waals surface area contributed by atoms with E-state index in [1.165, 1.54) is 0 Å². The fraction of sp³-hybridized carbons (Fsp3) is 0.0714. The average Bonchev–Trinajstić information content (AvgIpc) is 2.39. The Labute approximate surface area is 110 Å². The third-order valence-electron chi connectivity index (χ3n) is 2.33. The van der Waals surface area contributed by atoms with Crippen LogP contribution in [0.5, 0.6) is 11.5 Å². The molecule has 0 saturated carbocycles. The Hall–Kier alpha value is -2.00. The van der Waals surface area contributed by atoms with Gasteiger partial charge in [0.1, 0.15) is 11.5 Å². The lowest BCUT2D eigenvalue weighted by molar-refractivity contribution is 0.0734. The highest BCUT2D eigenvalue weighted by Gasteiger charge is 2.08. The summed E-state index contributed by atoms with van der Waals surface area (Å²) in [6.45, 7) is 0. The van der Waals surface area contributed by atoms with E-state index in [2.05, 4.69) is 0 Å². The van der Waals surface area contributed by atoms with Crippen LogP contribution in [0, 0.1) is 0 Å². The zero-order valence-electron chi connectivity index (χ0n) is 9.72. The van der Waals surface area contributed by atoms with Gasteiger partial charge in [0.2, 0.25) is 0 Å². The van der Waals surface area contributed by atoms with Gasteiger partial charge in [0, 0.05) is 5.02 Å². The molecule has 92 valence electrons. The summed E-state index contributed by atoms with van der Waals surface area (Å²) in [4.78, 5) is 11.8. The maximum absolute atomic E-state index is 11.8. The van der Waals surface area contributed by atoms with Crippen LogP contribution in [0.3, 0.4) is 0 Å². The van der Waals surface area contributed by atoms with E-state index in [-0.39, 0.29) is 0 Å². The summed E-state index contributed by atoms with van der Waals surface area (Å²) in [5, 5.41) is 0.499. The van der Waals surface area contributed by atoms with E-state index in [9.17, 15) is 4.79 Å². The van der Waals surface area contributed by atoms with Crippen LogP contribution in [0.2, 0.25) is 5.02 Å². The number of hydrogen-bond donors (Lipinski definition) is 0. The van der Waals surface area contributed by atoms with Crippen LogP contribution in [0.1, 0.15) is 10.4 Å². The van der Waals surface area contributed by atoms with Crippen molar-refractivity contribution in [1.29, 1.82) is 0 Å². The molecule has 0 unspecified atom stereocenters. The van der Waals surface area contributed by atoms with Crippen LogP contribution in [-0.2, 0) is 0 Å². The molecule has 2 aromatic rings. The number of rotatable bonds is 3. The highest BCUT2D eigenvalue weighted by Crippen LogP contribution is 2.19. The minimum atomic E-state index is -0.442. The lowest BCUT2D eigenvalue weighted by atomic mass is 10.2. The van der Waals surface area contributed by atoms with Crippen molar-refractivity contribution in [2.75, 3.05) is 7.11 Å². The summed E-state index contributed by atoms with van der Waals surface area (Å²) in [5.74, 6) is 0.723. The third kappa shape index (κ3) is 3.02. The normalized spacial score (nSPS) is 9.89. The van der Waals surface area contributed by atoms with Crippen LogP contribution in [0.15, 0.2) is 48.5 Å². The number of esters is 1. The number of carbonyl (C=O) groups excluding carboxylic acids is 1. The molecule has 0 saturated heterocycles. The molecule has 0 aliphatic heterocycles. The molecule has 0 amide bonds. The molecule has 4 heteroatoms. The molecule has 0 atom stereocenters. The molecule has 0 aliphatic rings. The smallest absolute Gasteiger partial charge is 0.343 e. The van der Waals surface area contributed by atoms with Crippen LogP contribution in [0.4, 0.5) is 0 Å². The average molecular weight is 263 g/mol. The predicted octanol–water partition coefficient (Wildman–Crippen LogP) is 3.57. The molecule has 0 bridgehead atoms. The van der Waals surface area contributed by atoms with Gasteiger partial charge in [-0.2, -0.15) is 0 Å². The lowest BCUT2D eigenvalue weighted by Gasteiger charge is -2.05. The second kappa shape index (κ2) is 5.56. The van der Waals surface area contributed by atoms with E-state index >= 15 is 0 Å². The fourth-order valence-corrected chi connectivity index (χ4v) is 1.62. The van der Waals surface area contributed by atoms with Crippen molar-refractivity contribution in [3.8, 4) is 11.5 Å². The second-order valence-corrected chi connectivity index (χ2v) is 4.01. The van der Waals surface area contributed by atoms with Crippen molar-refractivity contribution in [2.24, 2.45) is 0 Å². The summed E-state index contributed by atoms with van der Waals surface area (Å²) >= 11 is 5.81. The van der Waals surface area contributed by atoms with E-state index in [1.807, 2.05) is 0 Å². The first-order valence-corrected chi connectivity index (χ1v) is 5.68. The van der Waals surface area contributed by atoms with Gasteiger partial charge in [-0.25, -0.2) is 4.79 Å². The maximum atomic E-state index is 11.8. The van der Waals surface area contributed by atoms with Gasteiger partial charge in [0.15, 0.2) is 0 Å². The van der Waals surface area contributed by atoms with Crippen molar-refractivity contribution < 1.29 is 14.3 Å². The first-order valence-electron chi connectivity index (χ1n) is 5.31. The van der Waals surface area contributed by atoms with Gasteiger partial charge in [-0.15, -0.1) is 0 Å². The van der Waals surface area contributed by atoms with Gasteiger partial charge < -0.3 is 9.47 Å². The standard InChI is InChI=1S/C14H11ClO3/c1-17-12-5-7-13(8-6-12)18-14(16)10-3-2-4-11(15)9-10/h2-9H,1H3. The first kappa shape index (κ1) is 12.5. The van der Waals surface area contributed by atoms with Crippen molar-refractivity contribution in [3.05, 3.63) is 59.1 Å². The molecule has 0 fully saturated rings. The molecule has 2 rings (SSSR count). The largest absolute Gasteiger partial charge is 0.497 e. The quantitative estimate of drug-likeness (QED) is 0.627. The Balaban J connectivity index is 2.11. The van der Waals surface area contributed by atoms with E-state index in [1.54, 1.807) is 55.6 Å². The summed E-state index contributed by atoms with van der Waals surface area (Å²) < 4.78 is 10.2. The Morgan fingerprint density at radius 2 is 1.72 bits per heavy atom. The van der Waals surface area contributed by atoms with E-state index < -0.39 is 5.97 Å². The van der Waals surface area contributed by atoms with Crippen LogP contribution >= 0.6 is 11.6 Å². The SMILES string of the molecule is COc1ccc(OC(=O)c2cccc(Cl)c2)cc1. The van der Waals surface area contributed by atoms with E-state index in [0.717, 1.165) is 0 Å². The molecule has 0 heterocycles. The molecule has 3 nitrogen and oxygen atoms in total. The van der Waals surface area contributed by atoms with Gasteiger partial charge in [-0.1, -0.05) is 17.7 Å². The molecule has 2 aromatic carbocycles. The van der Waals surface area contributed by atoms with E-state index in [4.69, 9.17) is 21.1 Å². The highest BCUT2D eigenvalue weighted by molar-refractivity contribution is 6.30. The number of benzene rings is 2. The third-order valence-corrected chi connectivity index (χ3v) is 2.57. The van der Waals surface area contributed by atoms with Gasteiger partial charge >= 0.3 is 5.97 Å². The lowest BCUT2D eigenvalue weighted by Crippen LogP contribution is -2.08. The van der Waals surface area contributed by atoms with Crippen LogP contribution in [-0.4, -0.2) is 13.1 Å². The van der Waals surface area contributed by atoms with Gasteiger partial charge in [-0.05, 0) is 42.5 Å². The Morgan fingerprint density at radius 1 is 1.06 bits per heavy atom. The predicted molar refractivity (Wildman–Crippen MR) is 69.4 cm³/mol. The number of carbonyl (C=O) groups is 1. The van der Waals surface area contributed by atoms with Gasteiger partial charge in [0.25, 0.3) is 0 Å². The molecule has 0 N–H and O–H groups in total. The number of methoxy groups -OCH3 is 1. The van der Waals surface area contributed by atoms with Crippen LogP contribution in [0.25, 0.3) is 0 Å². The molecule has 18 heavy (non-hydrogen) atoms. The Morgan fingerprint density at radius 3 is 2.33 bits per heavy atom. The van der Waals surface area contributed by atoms with Crippen molar-refractivity contribution in [2.45, 2.75) is 0 Å². The summed E-state index contributed by atoms with van der Waals surface area (Å²) in [6.07, 6.45) is 0. The molecule has 0 aromatic heterocycles. The number of halogens is 1. The fourth-order valence-electron chi connectivity index (χ4n) is 1.43. The maximum Gasteiger partial charge on any atom is 0.343 e. The molecular weight excluding hydrogens is 252 g/mol. The molecule has 0 aliphatic carbocycles. The summed E-state index contributed by atoms with van der Waals surface area (Å²) in [6, 6.07) is 13.4. The van der Waals surface area contributed by atoms with Gasteiger partial charge in [-0.3, -0.25) is 0 Å². The van der Waals surface area contributed by atoms with Crippen molar-refractivity contribution in [3.63, 3.8) is 0 Å². The zero-order chi connectivity index (χ0) is 13.0. The van der Waals surface area contributed by atoms with E-state index in [0.29, 0.717) is 22.1 Å². The first-order chi connectivity index (χ1) is 8.69. The Kier molecular flexibility index (Phi) is 3.85. The molecule has 0 spiro atoms. The summed E-state index contributed by atoms with van der Waals surface area (Å²) in [5.41, 5.74) is 0.415. The highest BCUT2D eigenvalue weighted by atomic mass is 35.5. The zero-order valence-corrected chi connectivity index (χ0v) is 10.5. The topological polar surface area (TPSA) is 35.5 Å². The summed E-state index contributed by atoms with van der Waals surface area (Å²) in [7, 11) is 1.58. The molecule has 0 radical (unpaired) electrons. The Bertz CT molecular complexity index is 549. The van der Waals surface area contributed by atoms with Crippen LogP contribution < -0.4 is 9.47 Å². The van der Waals surface area contributed by atoms with Crippen molar-refractivity contribution >= 4 is 17.6 Å². The minimum Gasteiger partial charge on any atom is -0.497 e. The monoisotopic (exact) mass is 262 g/mol. The van der Waals surface area contributed by atoms with Crippen molar-refractivity contribution in [1.82, 2.24) is 0 Å². The second-order valence-electron chi connectivity index (χ2n) is 3.58. The minimum absolute atomic E-state index is 0.415. The molecular formula is C14H11ClO3.